The predicted molar refractivity (Wildman–Crippen MR) is 80.7 cm³/mol. The fourth-order valence-electron chi connectivity index (χ4n) is 1.71. The number of Topliss-reactive ketones (excluding diaryl/α,β-unsaturated/α-hetero) is 1. The van der Waals surface area contributed by atoms with Gasteiger partial charge in [-0.15, -0.1) is 0 Å². The maximum Gasteiger partial charge on any atom is 0.319 e. The zero-order valence-corrected chi connectivity index (χ0v) is 12.7. The quantitative estimate of drug-likeness (QED) is 0.407. The van der Waals surface area contributed by atoms with Gasteiger partial charge in [0.2, 0.25) is 0 Å². The molecule has 1 rings (SSSR count). The van der Waals surface area contributed by atoms with E-state index in [9.17, 15) is 9.59 Å². The summed E-state index contributed by atoms with van der Waals surface area (Å²) in [7, 11) is 0. The molecule has 0 saturated heterocycles. The molecule has 0 fully saturated rings. The third-order valence-electron chi connectivity index (χ3n) is 2.75. The molecule has 1 aromatic rings. The molecule has 0 aromatic heterocycles. The van der Waals surface area contributed by atoms with Crippen molar-refractivity contribution in [2.45, 2.75) is 26.7 Å². The van der Waals surface area contributed by atoms with Crippen molar-refractivity contribution in [1.82, 2.24) is 5.32 Å². The second-order valence-corrected chi connectivity index (χ2v) is 4.53. The topological polar surface area (TPSA) is 64.6 Å². The van der Waals surface area contributed by atoms with E-state index in [0.29, 0.717) is 31.7 Å². The summed E-state index contributed by atoms with van der Waals surface area (Å²) >= 11 is 0. The third-order valence-corrected chi connectivity index (χ3v) is 2.75. The van der Waals surface area contributed by atoms with E-state index in [0.717, 1.165) is 12.2 Å². The van der Waals surface area contributed by atoms with Gasteiger partial charge in [0.05, 0.1) is 19.8 Å². The molecular weight excluding hydrogens is 270 g/mol. The number of ketones is 1. The molecule has 0 amide bonds. The lowest BCUT2D eigenvalue weighted by molar-refractivity contribution is -0.141. The second-order valence-electron chi connectivity index (χ2n) is 4.53. The van der Waals surface area contributed by atoms with Crippen molar-refractivity contribution in [1.29, 1.82) is 0 Å². The molecule has 1 N–H and O–H groups in total. The molecular formula is C16H23NO4. The Hall–Kier alpha value is -1.88. The van der Waals surface area contributed by atoms with Crippen LogP contribution in [0.1, 0.15) is 37.0 Å². The minimum absolute atomic E-state index is 0.0356. The summed E-state index contributed by atoms with van der Waals surface area (Å²) in [5.74, 6) is 0.504. The summed E-state index contributed by atoms with van der Waals surface area (Å²) < 4.78 is 10.2. The smallest absolute Gasteiger partial charge is 0.319 e. The van der Waals surface area contributed by atoms with E-state index in [4.69, 9.17) is 9.47 Å². The lowest BCUT2D eigenvalue weighted by Gasteiger charge is -2.06. The van der Waals surface area contributed by atoms with Crippen LogP contribution in [-0.2, 0) is 9.53 Å². The lowest BCUT2D eigenvalue weighted by Crippen LogP contribution is -2.26. The molecule has 0 saturated carbocycles. The molecule has 0 heterocycles. The highest BCUT2D eigenvalue weighted by molar-refractivity contribution is 5.96. The van der Waals surface area contributed by atoms with Crippen LogP contribution in [0.25, 0.3) is 0 Å². The SMILES string of the molecule is CCCOc1ccc(C(=O)CCNCC(=O)OCC)cc1. The van der Waals surface area contributed by atoms with E-state index in [1.54, 1.807) is 31.2 Å². The molecule has 116 valence electrons. The van der Waals surface area contributed by atoms with Crippen LogP contribution in [0.3, 0.4) is 0 Å². The summed E-state index contributed by atoms with van der Waals surface area (Å²) in [6.45, 7) is 5.42. The van der Waals surface area contributed by atoms with E-state index in [2.05, 4.69) is 5.32 Å². The Kier molecular flexibility index (Phi) is 8.12. The number of hydrogen-bond donors (Lipinski definition) is 1. The fourth-order valence-corrected chi connectivity index (χ4v) is 1.71. The van der Waals surface area contributed by atoms with Gasteiger partial charge in [0.25, 0.3) is 0 Å². The number of ether oxygens (including phenoxy) is 2. The molecule has 0 atom stereocenters. The van der Waals surface area contributed by atoms with Crippen LogP contribution in [0.5, 0.6) is 5.75 Å². The van der Waals surface area contributed by atoms with Crippen LogP contribution in [0, 0.1) is 0 Å². The molecule has 0 aliphatic carbocycles. The minimum Gasteiger partial charge on any atom is -0.494 e. The number of rotatable bonds is 10. The predicted octanol–water partition coefficient (Wildman–Crippen LogP) is 2.20. The molecule has 0 unspecified atom stereocenters. The minimum atomic E-state index is -0.303. The highest BCUT2D eigenvalue weighted by atomic mass is 16.5. The summed E-state index contributed by atoms with van der Waals surface area (Å²) in [5, 5.41) is 2.89. The largest absolute Gasteiger partial charge is 0.494 e. The van der Waals surface area contributed by atoms with Crippen molar-refractivity contribution >= 4 is 11.8 Å². The Labute approximate surface area is 125 Å². The molecule has 1 aromatic carbocycles. The third kappa shape index (κ3) is 6.90. The van der Waals surface area contributed by atoms with Crippen LogP contribution in [-0.4, -0.2) is 38.1 Å². The van der Waals surface area contributed by atoms with Crippen molar-refractivity contribution in [2.75, 3.05) is 26.3 Å². The maximum absolute atomic E-state index is 11.9. The molecule has 0 bridgehead atoms. The first-order chi connectivity index (χ1) is 10.2. The lowest BCUT2D eigenvalue weighted by atomic mass is 10.1. The van der Waals surface area contributed by atoms with Gasteiger partial charge in [0, 0.05) is 18.5 Å². The van der Waals surface area contributed by atoms with Gasteiger partial charge in [0.1, 0.15) is 5.75 Å². The van der Waals surface area contributed by atoms with Gasteiger partial charge in [-0.2, -0.15) is 0 Å². The summed E-state index contributed by atoms with van der Waals surface area (Å²) in [6.07, 6.45) is 1.29. The molecule has 5 nitrogen and oxygen atoms in total. The Morgan fingerprint density at radius 3 is 2.48 bits per heavy atom. The number of carbonyl (C=O) groups excluding carboxylic acids is 2. The van der Waals surface area contributed by atoms with Gasteiger partial charge < -0.3 is 14.8 Å². The highest BCUT2D eigenvalue weighted by Crippen LogP contribution is 2.13. The van der Waals surface area contributed by atoms with E-state index in [1.165, 1.54) is 0 Å². The number of carbonyl (C=O) groups is 2. The average molecular weight is 293 g/mol. The van der Waals surface area contributed by atoms with Gasteiger partial charge in [-0.25, -0.2) is 0 Å². The van der Waals surface area contributed by atoms with Gasteiger partial charge in [-0.3, -0.25) is 9.59 Å². The molecule has 0 radical (unpaired) electrons. The van der Waals surface area contributed by atoms with Crippen LogP contribution in [0.15, 0.2) is 24.3 Å². The van der Waals surface area contributed by atoms with E-state index >= 15 is 0 Å². The molecule has 5 heteroatoms. The Balaban J connectivity index is 2.30. The van der Waals surface area contributed by atoms with Gasteiger partial charge in [-0.1, -0.05) is 6.92 Å². The second kappa shape index (κ2) is 9.94. The summed E-state index contributed by atoms with van der Waals surface area (Å²) in [4.78, 5) is 23.0. The first kappa shape index (κ1) is 17.2. The number of hydrogen-bond acceptors (Lipinski definition) is 5. The standard InChI is InChI=1S/C16H23NO4/c1-3-11-21-14-7-5-13(6-8-14)15(18)9-10-17-12-16(19)20-4-2/h5-8,17H,3-4,9-12H2,1-2H3. The summed E-state index contributed by atoms with van der Waals surface area (Å²) in [5.41, 5.74) is 0.650. The number of nitrogens with one attached hydrogen (secondary N) is 1. The first-order valence-electron chi connectivity index (χ1n) is 7.29. The van der Waals surface area contributed by atoms with Gasteiger partial charge in [-0.05, 0) is 37.6 Å². The van der Waals surface area contributed by atoms with E-state index in [-0.39, 0.29) is 18.3 Å². The molecule has 0 spiro atoms. The molecule has 0 aliphatic rings. The van der Waals surface area contributed by atoms with Gasteiger partial charge >= 0.3 is 5.97 Å². The zero-order valence-electron chi connectivity index (χ0n) is 12.7. The maximum atomic E-state index is 11.9. The van der Waals surface area contributed by atoms with Crippen LogP contribution in [0.4, 0.5) is 0 Å². The van der Waals surface area contributed by atoms with Crippen molar-refractivity contribution in [2.24, 2.45) is 0 Å². The van der Waals surface area contributed by atoms with Crippen molar-refractivity contribution < 1.29 is 19.1 Å². The Morgan fingerprint density at radius 2 is 1.86 bits per heavy atom. The van der Waals surface area contributed by atoms with Crippen molar-refractivity contribution in [3.63, 3.8) is 0 Å². The Morgan fingerprint density at radius 1 is 1.14 bits per heavy atom. The van der Waals surface area contributed by atoms with Gasteiger partial charge in [0.15, 0.2) is 5.78 Å². The zero-order chi connectivity index (χ0) is 15.5. The van der Waals surface area contributed by atoms with Crippen LogP contribution < -0.4 is 10.1 Å². The monoisotopic (exact) mass is 293 g/mol. The highest BCUT2D eigenvalue weighted by Gasteiger charge is 2.07. The van der Waals surface area contributed by atoms with E-state index in [1.807, 2.05) is 6.92 Å². The normalized spacial score (nSPS) is 10.2. The number of benzene rings is 1. The first-order valence-corrected chi connectivity index (χ1v) is 7.29. The average Bonchev–Trinajstić information content (AvgIpc) is 2.50. The molecule has 21 heavy (non-hydrogen) atoms. The van der Waals surface area contributed by atoms with Crippen molar-refractivity contribution in [3.05, 3.63) is 29.8 Å². The van der Waals surface area contributed by atoms with Crippen LogP contribution in [0.2, 0.25) is 0 Å². The fraction of sp³-hybridized carbons (Fsp3) is 0.500. The van der Waals surface area contributed by atoms with Crippen LogP contribution >= 0.6 is 0 Å². The van der Waals surface area contributed by atoms with E-state index < -0.39 is 0 Å². The molecule has 0 aliphatic heterocycles. The van der Waals surface area contributed by atoms with Crippen molar-refractivity contribution in [3.8, 4) is 5.75 Å². The number of esters is 1. The Bertz CT molecular complexity index is 442. The summed E-state index contributed by atoms with van der Waals surface area (Å²) in [6, 6.07) is 7.13.